The van der Waals surface area contributed by atoms with E-state index >= 15 is 0 Å². The zero-order valence-electron chi connectivity index (χ0n) is 9.06. The van der Waals surface area contributed by atoms with Crippen LogP contribution in [0.4, 0.5) is 0 Å². The lowest BCUT2D eigenvalue weighted by Crippen LogP contribution is -2.27. The Kier molecular flexibility index (Phi) is 4.39. The number of benzene rings is 1. The van der Waals surface area contributed by atoms with Crippen LogP contribution < -0.4 is 15.2 Å². The lowest BCUT2D eigenvalue weighted by atomic mass is 10.1. The normalized spacial score (nSPS) is 12.3. The topological polar surface area (TPSA) is 64.7 Å². The van der Waals surface area contributed by atoms with Crippen LogP contribution in [0.3, 0.4) is 0 Å². The number of hydrogen-bond acceptors (Lipinski definition) is 4. The van der Waals surface area contributed by atoms with Crippen molar-refractivity contribution in [3.63, 3.8) is 0 Å². The summed E-state index contributed by atoms with van der Waals surface area (Å²) in [6.07, 6.45) is 0.566. The van der Waals surface area contributed by atoms with E-state index in [1.54, 1.807) is 14.2 Å². The molecule has 1 aromatic rings. The molecule has 0 bridgehead atoms. The summed E-state index contributed by atoms with van der Waals surface area (Å²) >= 11 is 0. The van der Waals surface area contributed by atoms with Crippen LogP contribution >= 0.6 is 0 Å². The summed E-state index contributed by atoms with van der Waals surface area (Å²) in [4.78, 5) is 0. The van der Waals surface area contributed by atoms with E-state index in [1.165, 1.54) is 0 Å². The van der Waals surface area contributed by atoms with E-state index in [2.05, 4.69) is 0 Å². The van der Waals surface area contributed by atoms with Crippen molar-refractivity contribution in [3.05, 3.63) is 23.8 Å². The maximum absolute atomic E-state index is 8.89. The van der Waals surface area contributed by atoms with Crippen molar-refractivity contribution in [3.8, 4) is 11.5 Å². The van der Waals surface area contributed by atoms with Crippen LogP contribution in [0.25, 0.3) is 0 Å². The smallest absolute Gasteiger partial charge is 0.163 e. The molecule has 0 radical (unpaired) electrons. The van der Waals surface area contributed by atoms with Gasteiger partial charge in [0.25, 0.3) is 0 Å². The fourth-order valence-corrected chi connectivity index (χ4v) is 1.46. The summed E-state index contributed by atoms with van der Waals surface area (Å²) in [5.41, 5.74) is 6.62. The third kappa shape index (κ3) is 2.84. The first-order chi connectivity index (χ1) is 7.22. The Balaban J connectivity index is 2.95. The molecule has 0 aliphatic rings. The molecule has 4 heteroatoms. The minimum Gasteiger partial charge on any atom is -0.493 e. The number of hydrogen-bond donors (Lipinski definition) is 2. The minimum atomic E-state index is -0.272. The van der Waals surface area contributed by atoms with Crippen molar-refractivity contribution >= 4 is 0 Å². The predicted molar refractivity (Wildman–Crippen MR) is 58.3 cm³/mol. The molecule has 0 aliphatic heterocycles. The molecule has 4 nitrogen and oxygen atoms in total. The van der Waals surface area contributed by atoms with E-state index in [9.17, 15) is 0 Å². The van der Waals surface area contributed by atoms with Gasteiger partial charge in [0.2, 0.25) is 0 Å². The molecule has 1 aromatic carbocycles. The second kappa shape index (κ2) is 5.58. The molecule has 1 unspecified atom stereocenters. The van der Waals surface area contributed by atoms with Crippen molar-refractivity contribution in [2.75, 3.05) is 20.8 Å². The monoisotopic (exact) mass is 211 g/mol. The first kappa shape index (κ1) is 11.8. The summed E-state index contributed by atoms with van der Waals surface area (Å²) in [5.74, 6) is 1.36. The molecule has 0 saturated heterocycles. The van der Waals surface area contributed by atoms with Crippen molar-refractivity contribution < 1.29 is 14.6 Å². The largest absolute Gasteiger partial charge is 0.493 e. The molecule has 0 spiro atoms. The van der Waals surface area contributed by atoms with Gasteiger partial charge in [-0.05, 0) is 18.1 Å². The molecule has 0 aromatic heterocycles. The Bertz CT molecular complexity index is 315. The van der Waals surface area contributed by atoms with Crippen molar-refractivity contribution in [1.29, 1.82) is 0 Å². The molecular weight excluding hydrogens is 194 g/mol. The molecule has 0 saturated carbocycles. The van der Waals surface area contributed by atoms with Crippen molar-refractivity contribution in [1.82, 2.24) is 0 Å². The Morgan fingerprint density at radius 1 is 1.33 bits per heavy atom. The van der Waals surface area contributed by atoms with E-state index in [1.807, 2.05) is 18.2 Å². The summed E-state index contributed by atoms with van der Waals surface area (Å²) in [6, 6.07) is 5.34. The molecule has 0 aliphatic carbocycles. The van der Waals surface area contributed by atoms with Gasteiger partial charge in [-0.3, -0.25) is 0 Å². The Hall–Kier alpha value is -1.26. The number of nitrogens with two attached hydrogens (primary N) is 1. The third-order valence-electron chi connectivity index (χ3n) is 2.20. The molecule has 3 N–H and O–H groups in total. The van der Waals surface area contributed by atoms with Crippen LogP contribution in [0.2, 0.25) is 0 Å². The van der Waals surface area contributed by atoms with Gasteiger partial charge in [0.05, 0.1) is 20.8 Å². The Morgan fingerprint density at radius 2 is 2.07 bits per heavy atom. The molecule has 1 atom stereocenters. The van der Waals surface area contributed by atoms with Gasteiger partial charge in [0.1, 0.15) is 0 Å². The summed E-state index contributed by atoms with van der Waals surface area (Å²) in [7, 11) is 3.18. The fourth-order valence-electron chi connectivity index (χ4n) is 1.46. The summed E-state index contributed by atoms with van der Waals surface area (Å²) in [5, 5.41) is 8.89. The Morgan fingerprint density at radius 3 is 2.60 bits per heavy atom. The van der Waals surface area contributed by atoms with Crippen molar-refractivity contribution in [2.24, 2.45) is 5.73 Å². The summed E-state index contributed by atoms with van der Waals surface area (Å²) in [6.45, 7) is -0.0413. The highest BCUT2D eigenvalue weighted by Crippen LogP contribution is 2.31. The van der Waals surface area contributed by atoms with E-state index < -0.39 is 0 Å². The number of rotatable bonds is 5. The zero-order chi connectivity index (χ0) is 11.3. The maximum atomic E-state index is 8.89. The number of methoxy groups -OCH3 is 2. The zero-order valence-corrected chi connectivity index (χ0v) is 9.06. The number of aliphatic hydroxyl groups excluding tert-OH is 1. The lowest BCUT2D eigenvalue weighted by Gasteiger charge is -2.14. The van der Waals surface area contributed by atoms with Crippen LogP contribution in [0.5, 0.6) is 11.5 Å². The molecular formula is C11H17NO3. The average molecular weight is 211 g/mol. The number of para-hydroxylation sites is 1. The van der Waals surface area contributed by atoms with Crippen LogP contribution in [0, 0.1) is 0 Å². The van der Waals surface area contributed by atoms with Gasteiger partial charge in [-0.25, -0.2) is 0 Å². The number of aliphatic hydroxyl groups is 1. The highest BCUT2D eigenvalue weighted by atomic mass is 16.5. The van der Waals surface area contributed by atoms with E-state index in [0.29, 0.717) is 17.9 Å². The first-order valence-corrected chi connectivity index (χ1v) is 4.79. The van der Waals surface area contributed by atoms with Crippen LogP contribution in [-0.4, -0.2) is 32.0 Å². The number of ether oxygens (including phenoxy) is 2. The molecule has 1 rings (SSSR count). The highest BCUT2D eigenvalue weighted by molar-refractivity contribution is 5.46. The van der Waals surface area contributed by atoms with Gasteiger partial charge < -0.3 is 20.3 Å². The van der Waals surface area contributed by atoms with E-state index in [-0.39, 0.29) is 12.6 Å². The van der Waals surface area contributed by atoms with Crippen LogP contribution in [-0.2, 0) is 6.42 Å². The van der Waals surface area contributed by atoms with Crippen molar-refractivity contribution in [2.45, 2.75) is 12.5 Å². The van der Waals surface area contributed by atoms with Gasteiger partial charge >= 0.3 is 0 Å². The lowest BCUT2D eigenvalue weighted by molar-refractivity contribution is 0.264. The molecule has 84 valence electrons. The van der Waals surface area contributed by atoms with Gasteiger partial charge in [-0.1, -0.05) is 12.1 Å². The Labute approximate surface area is 89.6 Å². The van der Waals surface area contributed by atoms with Crippen LogP contribution in [0.1, 0.15) is 5.56 Å². The highest BCUT2D eigenvalue weighted by Gasteiger charge is 2.11. The quantitative estimate of drug-likeness (QED) is 0.747. The second-order valence-electron chi connectivity index (χ2n) is 3.30. The minimum absolute atomic E-state index is 0.0413. The molecule has 0 amide bonds. The van der Waals surface area contributed by atoms with E-state index in [4.69, 9.17) is 20.3 Å². The second-order valence-corrected chi connectivity index (χ2v) is 3.30. The van der Waals surface area contributed by atoms with Gasteiger partial charge in [-0.2, -0.15) is 0 Å². The molecule has 0 fully saturated rings. The first-order valence-electron chi connectivity index (χ1n) is 4.79. The van der Waals surface area contributed by atoms with E-state index in [0.717, 1.165) is 5.56 Å². The predicted octanol–water partition coefficient (Wildman–Crippen LogP) is 0.566. The molecule has 0 heterocycles. The van der Waals surface area contributed by atoms with Crippen LogP contribution in [0.15, 0.2) is 18.2 Å². The van der Waals surface area contributed by atoms with Gasteiger partial charge in [0.15, 0.2) is 11.5 Å². The fraction of sp³-hybridized carbons (Fsp3) is 0.455. The van der Waals surface area contributed by atoms with Gasteiger partial charge in [-0.15, -0.1) is 0 Å². The third-order valence-corrected chi connectivity index (χ3v) is 2.20. The SMILES string of the molecule is COc1cccc(CC(N)CO)c1OC. The average Bonchev–Trinajstić information content (AvgIpc) is 2.28. The summed E-state index contributed by atoms with van der Waals surface area (Å²) < 4.78 is 10.4. The standard InChI is InChI=1S/C11H17NO3/c1-14-10-5-3-4-8(11(10)15-2)6-9(12)7-13/h3-5,9,13H,6-7,12H2,1-2H3. The molecule has 15 heavy (non-hydrogen) atoms. The maximum Gasteiger partial charge on any atom is 0.163 e. The van der Waals surface area contributed by atoms with Gasteiger partial charge in [0, 0.05) is 6.04 Å².